The number of esters is 1. The van der Waals surface area contributed by atoms with Crippen molar-refractivity contribution in [2.24, 2.45) is 0 Å². The van der Waals surface area contributed by atoms with Gasteiger partial charge in [-0.15, -0.1) is 0 Å². The van der Waals surface area contributed by atoms with Gasteiger partial charge in [-0.25, -0.2) is 4.79 Å². The maximum atomic E-state index is 12.3. The van der Waals surface area contributed by atoms with Crippen LogP contribution in [0.4, 0.5) is 5.69 Å². The van der Waals surface area contributed by atoms with Crippen LogP contribution in [0.1, 0.15) is 29.8 Å². The number of hydrogen-bond acceptors (Lipinski definition) is 5. The number of fused-ring (bicyclic) bond motifs is 1. The van der Waals surface area contributed by atoms with Crippen molar-refractivity contribution < 1.29 is 14.3 Å². The molecule has 25 heavy (non-hydrogen) atoms. The number of hydrogen-bond donors (Lipinski definition) is 0. The van der Waals surface area contributed by atoms with E-state index in [1.165, 1.54) is 11.8 Å². The lowest BCUT2D eigenvalue weighted by Crippen LogP contribution is -2.25. The molecule has 1 aliphatic rings. The van der Waals surface area contributed by atoms with Crippen molar-refractivity contribution in [2.45, 2.75) is 19.3 Å². The highest BCUT2D eigenvalue weighted by molar-refractivity contribution is 5.96. The lowest BCUT2D eigenvalue weighted by atomic mass is 9.83. The zero-order chi connectivity index (χ0) is 18.0. The fourth-order valence-electron chi connectivity index (χ4n) is 3.16. The maximum absolute atomic E-state index is 12.3. The van der Waals surface area contributed by atoms with Gasteiger partial charge in [0.15, 0.2) is 12.4 Å². The number of pyridine rings is 1. The van der Waals surface area contributed by atoms with Crippen LogP contribution in [0, 0.1) is 0 Å². The largest absolute Gasteiger partial charge is 0.454 e. The molecule has 2 aromatic rings. The first-order valence-electron chi connectivity index (χ1n) is 8.06. The van der Waals surface area contributed by atoms with E-state index in [1.807, 2.05) is 30.1 Å². The number of likely N-dealkylation sites (N-methyl/N-ethyl adjacent to an activating group) is 1. The van der Waals surface area contributed by atoms with E-state index >= 15 is 0 Å². The van der Waals surface area contributed by atoms with Crippen molar-refractivity contribution in [1.82, 2.24) is 4.98 Å². The first-order valence-corrected chi connectivity index (χ1v) is 8.06. The monoisotopic (exact) mass is 336 g/mol. The third-order valence-electron chi connectivity index (χ3n) is 4.48. The van der Waals surface area contributed by atoms with E-state index in [4.69, 9.17) is 4.74 Å². The molecule has 128 valence electrons. The molecular formula is C20H20N2O3. The molecule has 5 heteroatoms. The summed E-state index contributed by atoms with van der Waals surface area (Å²) in [6, 6.07) is 11.3. The number of aromatic nitrogens is 1. The number of benzene rings is 1. The third kappa shape index (κ3) is 3.18. The molecule has 0 fully saturated rings. The summed E-state index contributed by atoms with van der Waals surface area (Å²) < 4.78 is 5.09. The third-order valence-corrected chi connectivity index (χ3v) is 4.48. The summed E-state index contributed by atoms with van der Waals surface area (Å²) >= 11 is 0. The molecule has 0 radical (unpaired) electrons. The van der Waals surface area contributed by atoms with Crippen molar-refractivity contribution in [1.29, 1.82) is 0 Å². The fourth-order valence-corrected chi connectivity index (χ4v) is 3.16. The van der Waals surface area contributed by atoms with Gasteiger partial charge in [0.2, 0.25) is 0 Å². The molecule has 5 nitrogen and oxygen atoms in total. The van der Waals surface area contributed by atoms with Crippen molar-refractivity contribution in [2.75, 3.05) is 18.6 Å². The molecule has 0 amide bonds. The Balaban J connectivity index is 1.73. The SMILES string of the molecule is CN1/C(=C/C(=O)COC(=O)c2cccnc2)C(C)(C)c2ccccc21. The number of nitrogens with zero attached hydrogens (tertiary/aromatic N) is 2. The number of rotatable bonds is 4. The van der Waals surface area contributed by atoms with E-state index in [1.54, 1.807) is 24.4 Å². The normalized spacial score (nSPS) is 16.6. The average molecular weight is 336 g/mol. The highest BCUT2D eigenvalue weighted by atomic mass is 16.5. The minimum absolute atomic E-state index is 0.250. The minimum Gasteiger partial charge on any atom is -0.454 e. The molecule has 0 saturated carbocycles. The molecule has 0 bridgehead atoms. The Labute approximate surface area is 146 Å². The van der Waals surface area contributed by atoms with Crippen LogP contribution in [0.25, 0.3) is 0 Å². The van der Waals surface area contributed by atoms with Gasteiger partial charge in [-0.1, -0.05) is 32.0 Å². The van der Waals surface area contributed by atoms with Crippen LogP contribution in [-0.2, 0) is 14.9 Å². The second-order valence-electron chi connectivity index (χ2n) is 6.51. The number of ketones is 1. The summed E-state index contributed by atoms with van der Waals surface area (Å²) in [4.78, 5) is 30.1. The summed E-state index contributed by atoms with van der Waals surface area (Å²) in [7, 11) is 1.94. The lowest BCUT2D eigenvalue weighted by molar-refractivity contribution is -0.117. The van der Waals surface area contributed by atoms with Crippen LogP contribution in [0.5, 0.6) is 0 Å². The van der Waals surface area contributed by atoms with E-state index < -0.39 is 5.97 Å². The van der Waals surface area contributed by atoms with Gasteiger partial charge >= 0.3 is 5.97 Å². The zero-order valence-electron chi connectivity index (χ0n) is 14.5. The Morgan fingerprint density at radius 3 is 2.64 bits per heavy atom. The maximum Gasteiger partial charge on any atom is 0.340 e. The molecular weight excluding hydrogens is 316 g/mol. The molecule has 1 aromatic carbocycles. The molecule has 0 spiro atoms. The second-order valence-corrected chi connectivity index (χ2v) is 6.51. The topological polar surface area (TPSA) is 59.5 Å². The molecule has 2 heterocycles. The van der Waals surface area contributed by atoms with E-state index in [9.17, 15) is 9.59 Å². The number of anilines is 1. The summed E-state index contributed by atoms with van der Waals surface area (Å²) in [5.74, 6) is -0.804. The van der Waals surface area contributed by atoms with Gasteiger partial charge in [0.25, 0.3) is 0 Å². The fraction of sp³-hybridized carbons (Fsp3) is 0.250. The minimum atomic E-state index is -0.554. The van der Waals surface area contributed by atoms with Gasteiger partial charge < -0.3 is 9.64 Å². The van der Waals surface area contributed by atoms with E-state index in [2.05, 4.69) is 24.9 Å². The molecule has 0 N–H and O–H groups in total. The zero-order valence-corrected chi connectivity index (χ0v) is 14.5. The summed E-state index contributed by atoms with van der Waals surface area (Å²) in [6.45, 7) is 3.86. The Morgan fingerprint density at radius 2 is 1.96 bits per heavy atom. The smallest absolute Gasteiger partial charge is 0.340 e. The Morgan fingerprint density at radius 1 is 1.20 bits per heavy atom. The number of ether oxygens (including phenoxy) is 1. The molecule has 0 unspecified atom stereocenters. The van der Waals surface area contributed by atoms with Gasteiger partial charge in [-0.3, -0.25) is 9.78 Å². The first-order chi connectivity index (χ1) is 11.9. The number of carbonyl (C=O) groups is 2. The van der Waals surface area contributed by atoms with Crippen LogP contribution < -0.4 is 4.90 Å². The molecule has 0 aliphatic carbocycles. The Kier molecular flexibility index (Phi) is 4.40. The van der Waals surface area contributed by atoms with Gasteiger partial charge in [0, 0.05) is 42.3 Å². The predicted octanol–water partition coefficient (Wildman–Crippen LogP) is 3.12. The quantitative estimate of drug-likeness (QED) is 0.634. The van der Waals surface area contributed by atoms with E-state index in [-0.39, 0.29) is 17.8 Å². The number of carbonyl (C=O) groups excluding carboxylic acids is 2. The second kappa shape index (κ2) is 6.51. The van der Waals surface area contributed by atoms with Crippen LogP contribution in [-0.4, -0.2) is 30.4 Å². The molecule has 0 saturated heterocycles. The van der Waals surface area contributed by atoms with Gasteiger partial charge in [0.05, 0.1) is 5.56 Å². The Bertz CT molecular complexity index is 841. The predicted molar refractivity (Wildman–Crippen MR) is 95.5 cm³/mol. The highest BCUT2D eigenvalue weighted by Gasteiger charge is 2.38. The summed E-state index contributed by atoms with van der Waals surface area (Å²) in [6.07, 6.45) is 4.55. The van der Waals surface area contributed by atoms with Crippen molar-refractivity contribution in [3.63, 3.8) is 0 Å². The lowest BCUT2D eigenvalue weighted by Gasteiger charge is -2.23. The molecule has 3 rings (SSSR count). The molecule has 0 atom stereocenters. The van der Waals surface area contributed by atoms with Gasteiger partial charge in [0.1, 0.15) is 0 Å². The summed E-state index contributed by atoms with van der Waals surface area (Å²) in [5, 5.41) is 0. The van der Waals surface area contributed by atoms with Crippen LogP contribution in [0.15, 0.2) is 60.6 Å². The van der Waals surface area contributed by atoms with E-state index in [0.717, 1.165) is 11.4 Å². The van der Waals surface area contributed by atoms with Crippen molar-refractivity contribution in [3.05, 3.63) is 71.7 Å². The van der Waals surface area contributed by atoms with Gasteiger partial charge in [-0.2, -0.15) is 0 Å². The number of allylic oxidation sites excluding steroid dienone is 1. The van der Waals surface area contributed by atoms with Crippen LogP contribution in [0.3, 0.4) is 0 Å². The van der Waals surface area contributed by atoms with Gasteiger partial charge in [-0.05, 0) is 23.8 Å². The van der Waals surface area contributed by atoms with Crippen LogP contribution in [0.2, 0.25) is 0 Å². The van der Waals surface area contributed by atoms with Crippen LogP contribution >= 0.6 is 0 Å². The highest BCUT2D eigenvalue weighted by Crippen LogP contribution is 2.46. The molecule has 1 aromatic heterocycles. The van der Waals surface area contributed by atoms with Crippen molar-refractivity contribution >= 4 is 17.4 Å². The number of para-hydroxylation sites is 1. The first kappa shape index (κ1) is 16.9. The standard InChI is InChI=1S/C20H20N2O3/c1-20(2)16-8-4-5-9-17(16)22(3)18(20)11-15(23)13-25-19(24)14-7-6-10-21-12-14/h4-12H,13H2,1-3H3/b18-11+. The van der Waals surface area contributed by atoms with Crippen molar-refractivity contribution in [3.8, 4) is 0 Å². The summed E-state index contributed by atoms with van der Waals surface area (Å²) in [5.41, 5.74) is 3.18. The Hall–Kier alpha value is -2.95. The molecule has 1 aliphatic heterocycles. The van der Waals surface area contributed by atoms with E-state index in [0.29, 0.717) is 5.56 Å². The average Bonchev–Trinajstić information content (AvgIpc) is 2.82.